The minimum absolute atomic E-state index is 0.0194. The topological polar surface area (TPSA) is 130 Å². The lowest BCUT2D eigenvalue weighted by Crippen LogP contribution is -2.25. The third-order valence-corrected chi connectivity index (χ3v) is 2.86. The van der Waals surface area contributed by atoms with Gasteiger partial charge in [0.2, 0.25) is 0 Å². The average molecular weight is 330 g/mol. The number of benzene rings is 1. The molecule has 4 N–H and O–H groups in total. The smallest absolute Gasteiger partial charge is 0.386 e. The first-order valence-corrected chi connectivity index (χ1v) is 6.10. The Morgan fingerprint density at radius 3 is 2.14 bits per heavy atom. The number of carbonyl (C=O) groups is 2. The number of nitrogens with two attached hydrogens (primary N) is 1. The number of halogens is 2. The van der Waals surface area contributed by atoms with E-state index >= 15 is 0 Å². The number of H-pyrrole nitrogens is 1. The summed E-state index contributed by atoms with van der Waals surface area (Å²) in [6.07, 6.45) is 3.36. The van der Waals surface area contributed by atoms with E-state index in [2.05, 4.69) is 9.97 Å². The Morgan fingerprint density at radius 1 is 1.24 bits per heavy atom. The Hall–Kier alpha value is -2.38. The van der Waals surface area contributed by atoms with Gasteiger partial charge in [0.25, 0.3) is 0 Å². The van der Waals surface area contributed by atoms with Crippen molar-refractivity contribution in [3.8, 4) is 0 Å². The lowest BCUT2D eigenvalue weighted by Gasteiger charge is -2.08. The molecule has 0 aliphatic heterocycles. The molecule has 1 aromatic heterocycles. The molecule has 2 aromatic rings. The highest BCUT2D eigenvalue weighted by atomic mass is 35.5. The highest BCUT2D eigenvalue weighted by Gasteiger charge is 2.13. The first kappa shape index (κ1) is 16.7. The summed E-state index contributed by atoms with van der Waals surface area (Å²) >= 11 is 11.0. The molecule has 2 rings (SSSR count). The van der Waals surface area contributed by atoms with Crippen LogP contribution in [0.4, 0.5) is 5.95 Å². The first-order chi connectivity index (χ1) is 9.82. The molecule has 0 radical (unpaired) electrons. The van der Waals surface area contributed by atoms with Crippen molar-refractivity contribution < 1.29 is 24.8 Å². The first-order valence-electron chi connectivity index (χ1n) is 5.34. The van der Waals surface area contributed by atoms with E-state index in [9.17, 15) is 14.7 Å². The summed E-state index contributed by atoms with van der Waals surface area (Å²) in [4.78, 5) is 27.5. The summed E-state index contributed by atoms with van der Waals surface area (Å²) < 4.78 is 0. The van der Waals surface area contributed by atoms with Crippen LogP contribution in [0, 0.1) is 0 Å². The Balaban J connectivity index is 0.000000262. The molecular weight excluding hydrogens is 321 g/mol. The van der Waals surface area contributed by atoms with Crippen molar-refractivity contribution in [3.63, 3.8) is 0 Å². The maximum absolute atomic E-state index is 10.6. The zero-order valence-corrected chi connectivity index (χ0v) is 11.9. The van der Waals surface area contributed by atoms with Gasteiger partial charge in [-0.2, -0.15) is 0 Å². The van der Waals surface area contributed by atoms with Crippen molar-refractivity contribution in [2.24, 2.45) is 0 Å². The lowest BCUT2D eigenvalue weighted by atomic mass is 10.1. The number of nitrogen functional groups attached to an aromatic ring is 1. The summed E-state index contributed by atoms with van der Waals surface area (Å²) in [7, 11) is 0. The number of aromatic amines is 1. The number of rotatable bonds is 2. The van der Waals surface area contributed by atoms with Gasteiger partial charge >= 0.3 is 11.9 Å². The summed E-state index contributed by atoms with van der Waals surface area (Å²) in [5.41, 5.74) is 4.25. The van der Waals surface area contributed by atoms with E-state index in [1.165, 1.54) is 0 Å². The predicted molar refractivity (Wildman–Crippen MR) is 73.0 cm³/mol. The van der Waals surface area contributed by atoms with Gasteiger partial charge in [-0.1, -0.05) is 28.2 Å². The number of hydrogen-bond acceptors (Lipinski definition) is 5. The average Bonchev–Trinajstić information content (AvgIpc) is 2.42. The van der Waals surface area contributed by atoms with Crippen molar-refractivity contribution in [2.75, 3.05) is 5.73 Å². The Morgan fingerprint density at radius 2 is 1.81 bits per heavy atom. The van der Waals surface area contributed by atoms with E-state index in [0.29, 0.717) is 5.95 Å². The monoisotopic (exact) mass is 329 g/mol. The fourth-order valence-corrected chi connectivity index (χ4v) is 1.56. The number of carboxylic acid groups (broad SMARTS) is 2. The summed E-state index contributed by atoms with van der Waals surface area (Å²) in [6.45, 7) is 0. The van der Waals surface area contributed by atoms with E-state index in [-0.39, 0.29) is 10.0 Å². The molecule has 1 aromatic carbocycles. The van der Waals surface area contributed by atoms with Gasteiger partial charge in [0.1, 0.15) is 6.20 Å². The molecule has 0 unspecified atom stereocenters. The molecular formula is C12H9Cl2N3O4. The highest BCUT2D eigenvalue weighted by Crippen LogP contribution is 2.25. The molecule has 0 spiro atoms. The minimum atomic E-state index is -1.61. The third kappa shape index (κ3) is 4.90. The van der Waals surface area contributed by atoms with Gasteiger partial charge < -0.3 is 15.0 Å². The summed E-state index contributed by atoms with van der Waals surface area (Å²) in [5.74, 6) is -2.56. The molecule has 0 saturated heterocycles. The van der Waals surface area contributed by atoms with E-state index in [1.807, 2.05) is 0 Å². The number of carbonyl (C=O) groups excluding carboxylic acids is 1. The van der Waals surface area contributed by atoms with Gasteiger partial charge in [-0.15, -0.1) is 0 Å². The molecule has 0 bridgehead atoms. The van der Waals surface area contributed by atoms with Crippen LogP contribution in [0.3, 0.4) is 0 Å². The van der Waals surface area contributed by atoms with Gasteiger partial charge in [-0.05, 0) is 12.1 Å². The fourth-order valence-electron chi connectivity index (χ4n) is 1.23. The van der Waals surface area contributed by atoms with Gasteiger partial charge in [0.05, 0.1) is 27.8 Å². The van der Waals surface area contributed by atoms with Crippen molar-refractivity contribution in [1.29, 1.82) is 0 Å². The van der Waals surface area contributed by atoms with Gasteiger partial charge in [0.15, 0.2) is 0 Å². The molecule has 9 heteroatoms. The molecule has 0 saturated carbocycles. The number of carboxylic acids is 2. The Bertz CT molecular complexity index is 626. The second-order valence-corrected chi connectivity index (χ2v) is 4.39. The fraction of sp³-hybridized carbons (Fsp3) is 0. The number of anilines is 1. The third-order valence-electron chi connectivity index (χ3n) is 2.14. The quantitative estimate of drug-likeness (QED) is 0.826. The molecule has 110 valence electrons. The molecule has 0 aliphatic carbocycles. The summed E-state index contributed by atoms with van der Waals surface area (Å²) in [5, 5.41) is 19.1. The van der Waals surface area contributed by atoms with Gasteiger partial charge in [0, 0.05) is 11.6 Å². The SMILES string of the molecule is Nc1nccc[nH+]1.O=C([O-])c1cc(Cl)c(Cl)cc1C(=O)O. The molecule has 0 fully saturated rings. The van der Waals surface area contributed by atoms with Crippen LogP contribution in [0.5, 0.6) is 0 Å². The van der Waals surface area contributed by atoms with Crippen LogP contribution in [0.2, 0.25) is 10.0 Å². The zero-order chi connectivity index (χ0) is 16.0. The van der Waals surface area contributed by atoms with Crippen molar-refractivity contribution in [3.05, 3.63) is 51.8 Å². The predicted octanol–water partition coefficient (Wildman–Crippen LogP) is 0.533. The molecule has 1 heterocycles. The number of nitrogens with one attached hydrogen (secondary N) is 1. The van der Waals surface area contributed by atoms with E-state index in [0.717, 1.165) is 12.1 Å². The standard InChI is InChI=1S/C8H4Cl2O4.C4H5N3/c9-5-1-3(7(11)12)4(8(13)14)2-6(5)10;5-4-6-2-1-3-7-4/h1-2H,(H,11,12)(H,13,14);1-3H,(H2,5,6,7). The highest BCUT2D eigenvalue weighted by molar-refractivity contribution is 6.42. The van der Waals surface area contributed by atoms with E-state index in [1.54, 1.807) is 18.5 Å². The molecule has 0 amide bonds. The zero-order valence-electron chi connectivity index (χ0n) is 10.3. The minimum Gasteiger partial charge on any atom is -0.545 e. The van der Waals surface area contributed by atoms with Crippen LogP contribution < -0.4 is 15.8 Å². The molecule has 21 heavy (non-hydrogen) atoms. The molecule has 0 aliphatic rings. The lowest BCUT2D eigenvalue weighted by molar-refractivity contribution is -0.364. The number of aromatic nitrogens is 2. The number of aromatic carboxylic acids is 2. The van der Waals surface area contributed by atoms with E-state index in [4.69, 9.17) is 34.0 Å². The van der Waals surface area contributed by atoms with Crippen LogP contribution in [-0.4, -0.2) is 22.0 Å². The number of nitrogens with zero attached hydrogens (tertiary/aromatic N) is 1. The number of hydrogen-bond donors (Lipinski definition) is 2. The maximum Gasteiger partial charge on any atom is 0.386 e. The summed E-state index contributed by atoms with van der Waals surface area (Å²) in [6, 6.07) is 3.69. The largest absolute Gasteiger partial charge is 0.545 e. The Labute approximate surface area is 129 Å². The van der Waals surface area contributed by atoms with E-state index < -0.39 is 23.1 Å². The van der Waals surface area contributed by atoms with Crippen LogP contribution in [0.1, 0.15) is 20.7 Å². The van der Waals surface area contributed by atoms with Crippen LogP contribution >= 0.6 is 23.2 Å². The normalized spacial score (nSPS) is 9.43. The van der Waals surface area contributed by atoms with Crippen LogP contribution in [0.25, 0.3) is 0 Å². The van der Waals surface area contributed by atoms with Crippen molar-refractivity contribution in [2.45, 2.75) is 0 Å². The van der Waals surface area contributed by atoms with Crippen molar-refractivity contribution >= 4 is 41.1 Å². The second-order valence-electron chi connectivity index (χ2n) is 3.57. The maximum atomic E-state index is 10.6. The van der Waals surface area contributed by atoms with Gasteiger partial charge in [-0.25, -0.2) is 9.78 Å². The Kier molecular flexibility index (Phi) is 5.89. The van der Waals surface area contributed by atoms with Crippen LogP contribution in [-0.2, 0) is 0 Å². The molecule has 7 nitrogen and oxygen atoms in total. The van der Waals surface area contributed by atoms with Crippen molar-refractivity contribution in [1.82, 2.24) is 4.98 Å². The van der Waals surface area contributed by atoms with Crippen LogP contribution in [0.15, 0.2) is 30.6 Å². The molecule has 0 atom stereocenters. The second kappa shape index (κ2) is 7.41. The van der Waals surface area contributed by atoms with Gasteiger partial charge in [-0.3, -0.25) is 5.73 Å².